The molecule has 6 heteroatoms. The summed E-state index contributed by atoms with van der Waals surface area (Å²) in [6.45, 7) is 1.19. The van der Waals surface area contributed by atoms with Crippen molar-refractivity contribution in [3.63, 3.8) is 0 Å². The van der Waals surface area contributed by atoms with Gasteiger partial charge in [0.25, 0.3) is 10.2 Å². The fraction of sp³-hybridized carbons (Fsp3) is 0.500. The second kappa shape index (κ2) is 6.02. The molecule has 1 saturated heterocycles. The van der Waals surface area contributed by atoms with Crippen molar-refractivity contribution in [2.45, 2.75) is 18.9 Å². The number of hydrogen-bond acceptors (Lipinski definition) is 2. The minimum absolute atomic E-state index is 0.219. The number of benzene rings is 1. The average Bonchev–Trinajstić information content (AvgIpc) is 2.92. The van der Waals surface area contributed by atoms with Gasteiger partial charge in [-0.05, 0) is 18.4 Å². The van der Waals surface area contributed by atoms with E-state index in [1.54, 1.807) is 0 Å². The summed E-state index contributed by atoms with van der Waals surface area (Å²) in [4.78, 5) is 0. The van der Waals surface area contributed by atoms with Crippen LogP contribution in [0.1, 0.15) is 24.4 Å². The zero-order valence-corrected chi connectivity index (χ0v) is 11.6. The SMILES string of the molecule is O=S(=O)(NC(CCl)c1ccccc1)N1CCCC1. The summed E-state index contributed by atoms with van der Waals surface area (Å²) >= 11 is 5.87. The molecule has 1 aromatic carbocycles. The summed E-state index contributed by atoms with van der Waals surface area (Å²) in [5, 5.41) is 0. The van der Waals surface area contributed by atoms with Crippen molar-refractivity contribution in [3.8, 4) is 0 Å². The highest BCUT2D eigenvalue weighted by molar-refractivity contribution is 7.87. The molecule has 2 rings (SSSR count). The fourth-order valence-corrected chi connectivity index (χ4v) is 3.87. The molecular weight excluding hydrogens is 272 g/mol. The summed E-state index contributed by atoms with van der Waals surface area (Å²) in [7, 11) is -3.42. The van der Waals surface area contributed by atoms with E-state index in [1.165, 1.54) is 4.31 Å². The lowest BCUT2D eigenvalue weighted by molar-refractivity contribution is 0.457. The van der Waals surface area contributed by atoms with Crippen LogP contribution in [0, 0.1) is 0 Å². The maximum atomic E-state index is 12.1. The maximum absolute atomic E-state index is 12.1. The highest BCUT2D eigenvalue weighted by atomic mass is 35.5. The van der Waals surface area contributed by atoms with Gasteiger partial charge < -0.3 is 0 Å². The first-order chi connectivity index (χ1) is 8.63. The molecule has 0 amide bonds. The van der Waals surface area contributed by atoms with Crippen LogP contribution in [0.2, 0.25) is 0 Å². The Morgan fingerprint density at radius 2 is 1.83 bits per heavy atom. The monoisotopic (exact) mass is 288 g/mol. The topological polar surface area (TPSA) is 49.4 Å². The number of nitrogens with zero attached hydrogens (tertiary/aromatic N) is 1. The minimum atomic E-state index is -3.42. The van der Waals surface area contributed by atoms with Gasteiger partial charge in [0.2, 0.25) is 0 Å². The number of nitrogens with one attached hydrogen (secondary N) is 1. The minimum Gasteiger partial charge on any atom is -0.195 e. The molecule has 1 aliphatic heterocycles. The second-order valence-electron chi connectivity index (χ2n) is 4.35. The normalized spacial score (nSPS) is 18.9. The Balaban J connectivity index is 2.11. The molecule has 0 bridgehead atoms. The van der Waals surface area contributed by atoms with E-state index in [1.807, 2.05) is 30.3 Å². The highest BCUT2D eigenvalue weighted by Crippen LogP contribution is 2.18. The van der Waals surface area contributed by atoms with Gasteiger partial charge in [-0.1, -0.05) is 30.3 Å². The molecule has 1 atom stereocenters. The van der Waals surface area contributed by atoms with Gasteiger partial charge in [0.15, 0.2) is 0 Å². The van der Waals surface area contributed by atoms with Crippen molar-refractivity contribution in [1.82, 2.24) is 9.03 Å². The van der Waals surface area contributed by atoms with Crippen LogP contribution in [0.15, 0.2) is 30.3 Å². The second-order valence-corrected chi connectivity index (χ2v) is 6.36. The van der Waals surface area contributed by atoms with Gasteiger partial charge in [-0.15, -0.1) is 11.6 Å². The third kappa shape index (κ3) is 3.23. The first-order valence-corrected chi connectivity index (χ1v) is 7.99. The number of rotatable bonds is 5. The van der Waals surface area contributed by atoms with Crippen LogP contribution < -0.4 is 4.72 Å². The van der Waals surface area contributed by atoms with Gasteiger partial charge in [0, 0.05) is 19.0 Å². The standard InChI is InChI=1S/C12H17ClN2O2S/c13-10-12(11-6-2-1-3-7-11)14-18(16,17)15-8-4-5-9-15/h1-3,6-7,12,14H,4-5,8-10H2. The average molecular weight is 289 g/mol. The molecule has 100 valence electrons. The summed E-state index contributed by atoms with van der Waals surface area (Å²) in [6, 6.07) is 9.01. The first-order valence-electron chi connectivity index (χ1n) is 6.02. The Bertz CT molecular complexity index is 472. The van der Waals surface area contributed by atoms with Crippen molar-refractivity contribution in [2.24, 2.45) is 0 Å². The van der Waals surface area contributed by atoms with Crippen molar-refractivity contribution in [3.05, 3.63) is 35.9 Å². The van der Waals surface area contributed by atoms with E-state index in [0.29, 0.717) is 13.1 Å². The zero-order chi connectivity index (χ0) is 13.0. The quantitative estimate of drug-likeness (QED) is 0.841. The van der Waals surface area contributed by atoms with Crippen LogP contribution in [0.25, 0.3) is 0 Å². The summed E-state index contributed by atoms with van der Waals surface area (Å²) in [6.07, 6.45) is 1.86. The Morgan fingerprint density at radius 3 is 2.39 bits per heavy atom. The summed E-state index contributed by atoms with van der Waals surface area (Å²) < 4.78 is 28.4. The molecule has 4 nitrogen and oxygen atoms in total. The fourth-order valence-electron chi connectivity index (χ4n) is 2.06. The molecule has 0 radical (unpaired) electrons. The number of halogens is 1. The van der Waals surface area contributed by atoms with Crippen molar-refractivity contribution in [2.75, 3.05) is 19.0 Å². The third-order valence-corrected chi connectivity index (χ3v) is 4.99. The molecule has 1 N–H and O–H groups in total. The molecule has 0 spiro atoms. The molecule has 0 saturated carbocycles. The molecule has 18 heavy (non-hydrogen) atoms. The van der Waals surface area contributed by atoms with Crippen molar-refractivity contribution < 1.29 is 8.42 Å². The van der Waals surface area contributed by atoms with Crippen LogP contribution in [-0.2, 0) is 10.2 Å². The van der Waals surface area contributed by atoms with E-state index in [-0.39, 0.29) is 11.9 Å². The summed E-state index contributed by atoms with van der Waals surface area (Å²) in [5.74, 6) is 0.219. The van der Waals surface area contributed by atoms with Crippen molar-refractivity contribution in [1.29, 1.82) is 0 Å². The van der Waals surface area contributed by atoms with Gasteiger partial charge >= 0.3 is 0 Å². The predicted molar refractivity (Wildman–Crippen MR) is 72.8 cm³/mol. The van der Waals surface area contributed by atoms with Crippen LogP contribution in [0.5, 0.6) is 0 Å². The van der Waals surface area contributed by atoms with Gasteiger partial charge in [0.1, 0.15) is 0 Å². The maximum Gasteiger partial charge on any atom is 0.280 e. The van der Waals surface area contributed by atoms with E-state index in [9.17, 15) is 8.42 Å². The molecule has 1 fully saturated rings. The molecular formula is C12H17ClN2O2S. The number of alkyl halides is 1. The van der Waals surface area contributed by atoms with Gasteiger partial charge in [-0.3, -0.25) is 0 Å². The molecule has 1 heterocycles. The largest absolute Gasteiger partial charge is 0.280 e. The zero-order valence-electron chi connectivity index (χ0n) is 10.0. The van der Waals surface area contributed by atoms with E-state index in [0.717, 1.165) is 18.4 Å². The van der Waals surface area contributed by atoms with Gasteiger partial charge in [-0.25, -0.2) is 0 Å². The summed E-state index contributed by atoms with van der Waals surface area (Å²) in [5.41, 5.74) is 0.885. The van der Waals surface area contributed by atoms with Gasteiger partial charge in [-0.2, -0.15) is 17.4 Å². The van der Waals surface area contributed by atoms with Crippen LogP contribution in [0.3, 0.4) is 0 Å². The number of hydrogen-bond donors (Lipinski definition) is 1. The van der Waals surface area contributed by atoms with Crippen molar-refractivity contribution >= 4 is 21.8 Å². The Hall–Kier alpha value is -0.620. The van der Waals surface area contributed by atoms with E-state index in [2.05, 4.69) is 4.72 Å². The lowest BCUT2D eigenvalue weighted by atomic mass is 10.1. The highest BCUT2D eigenvalue weighted by Gasteiger charge is 2.27. The lowest BCUT2D eigenvalue weighted by Crippen LogP contribution is -2.41. The smallest absolute Gasteiger partial charge is 0.195 e. The van der Waals surface area contributed by atoms with Gasteiger partial charge in [0.05, 0.1) is 6.04 Å². The van der Waals surface area contributed by atoms with E-state index in [4.69, 9.17) is 11.6 Å². The lowest BCUT2D eigenvalue weighted by Gasteiger charge is -2.21. The van der Waals surface area contributed by atoms with Crippen LogP contribution >= 0.6 is 11.6 Å². The predicted octanol–water partition coefficient (Wildman–Crippen LogP) is 1.90. The Morgan fingerprint density at radius 1 is 1.22 bits per heavy atom. The van der Waals surface area contributed by atoms with E-state index >= 15 is 0 Å². The molecule has 0 aliphatic carbocycles. The van der Waals surface area contributed by atoms with Crippen LogP contribution in [-0.4, -0.2) is 31.7 Å². The molecule has 1 aromatic rings. The molecule has 0 aromatic heterocycles. The Kier molecular flexibility index (Phi) is 4.61. The first kappa shape index (κ1) is 13.8. The Labute approximate surface area is 113 Å². The molecule has 1 unspecified atom stereocenters. The third-order valence-electron chi connectivity index (χ3n) is 3.05. The van der Waals surface area contributed by atoms with Crippen LogP contribution in [0.4, 0.5) is 0 Å². The molecule has 1 aliphatic rings. The van der Waals surface area contributed by atoms with E-state index < -0.39 is 10.2 Å².